The van der Waals surface area contributed by atoms with Gasteiger partial charge >= 0.3 is 0 Å². The van der Waals surface area contributed by atoms with Gasteiger partial charge in [-0.1, -0.05) is 49.3 Å². The minimum absolute atomic E-state index is 0.345. The molecule has 0 bridgehead atoms. The molecule has 1 aliphatic heterocycles. The molecule has 1 unspecified atom stereocenters. The number of sulfonamides is 1. The van der Waals surface area contributed by atoms with Crippen LogP contribution in [0.2, 0.25) is 0 Å². The molecule has 0 aliphatic carbocycles. The van der Waals surface area contributed by atoms with Gasteiger partial charge in [0.25, 0.3) is 0 Å². The van der Waals surface area contributed by atoms with Gasteiger partial charge < -0.3 is 4.90 Å². The van der Waals surface area contributed by atoms with Crippen molar-refractivity contribution in [2.75, 3.05) is 31.1 Å². The van der Waals surface area contributed by atoms with E-state index in [0.717, 1.165) is 17.7 Å². The fourth-order valence-corrected chi connectivity index (χ4v) is 5.02. The third-order valence-corrected chi connectivity index (χ3v) is 7.59. The molecule has 1 saturated heterocycles. The minimum Gasteiger partial charge on any atom is -0.337 e. The Balaban J connectivity index is 1.47. The summed E-state index contributed by atoms with van der Waals surface area (Å²) in [5.41, 5.74) is 2.03. The number of aromatic nitrogens is 4. The van der Waals surface area contributed by atoms with Crippen molar-refractivity contribution < 1.29 is 8.42 Å². The molecule has 0 N–H and O–H groups in total. The standard InChI is InChI=1S/C21H26N6O2S/c1-3-17(2)18-9-11-20(12-10-18)30(28,29)26-15-13-25(14-16-26)21-22-23-24-27(21)19-7-5-4-6-8-19/h4-12,17H,3,13-16H2,1-2H3. The Morgan fingerprint density at radius 2 is 1.63 bits per heavy atom. The number of benzene rings is 2. The summed E-state index contributed by atoms with van der Waals surface area (Å²) in [6.07, 6.45) is 1.02. The minimum atomic E-state index is -3.52. The molecule has 1 atom stereocenters. The van der Waals surface area contributed by atoms with Gasteiger partial charge in [0, 0.05) is 26.2 Å². The van der Waals surface area contributed by atoms with Crippen molar-refractivity contribution in [3.05, 3.63) is 60.2 Å². The van der Waals surface area contributed by atoms with Crippen molar-refractivity contribution in [3.8, 4) is 5.69 Å². The van der Waals surface area contributed by atoms with Crippen LogP contribution >= 0.6 is 0 Å². The Bertz CT molecular complexity index is 1070. The van der Waals surface area contributed by atoms with Gasteiger partial charge in [-0.25, -0.2) is 8.42 Å². The third kappa shape index (κ3) is 3.95. The maximum absolute atomic E-state index is 13.1. The molecule has 0 saturated carbocycles. The first-order valence-corrected chi connectivity index (χ1v) is 11.6. The van der Waals surface area contributed by atoms with E-state index in [0.29, 0.717) is 42.9 Å². The van der Waals surface area contributed by atoms with Crippen molar-refractivity contribution >= 4 is 16.0 Å². The highest BCUT2D eigenvalue weighted by atomic mass is 32.2. The molecule has 0 radical (unpaired) electrons. The van der Waals surface area contributed by atoms with E-state index in [9.17, 15) is 8.42 Å². The molecule has 2 heterocycles. The van der Waals surface area contributed by atoms with E-state index in [4.69, 9.17) is 0 Å². The molecule has 1 fully saturated rings. The first-order valence-electron chi connectivity index (χ1n) is 10.2. The predicted molar refractivity (Wildman–Crippen MR) is 115 cm³/mol. The van der Waals surface area contributed by atoms with Crippen LogP contribution in [0.25, 0.3) is 5.69 Å². The number of anilines is 1. The van der Waals surface area contributed by atoms with E-state index in [1.807, 2.05) is 47.4 Å². The summed E-state index contributed by atoms with van der Waals surface area (Å²) in [6, 6.07) is 16.9. The average molecular weight is 427 g/mol. The number of para-hydroxylation sites is 1. The predicted octanol–water partition coefficient (Wildman–Crippen LogP) is 2.69. The Hall–Kier alpha value is -2.78. The first-order chi connectivity index (χ1) is 14.5. The summed E-state index contributed by atoms with van der Waals surface area (Å²) in [4.78, 5) is 2.36. The van der Waals surface area contributed by atoms with Crippen LogP contribution in [0.15, 0.2) is 59.5 Å². The Kier molecular flexibility index (Phi) is 5.83. The number of piperazine rings is 1. The van der Waals surface area contributed by atoms with Crippen LogP contribution < -0.4 is 4.90 Å². The molecular weight excluding hydrogens is 400 g/mol. The van der Waals surface area contributed by atoms with E-state index >= 15 is 0 Å². The van der Waals surface area contributed by atoms with Crippen molar-refractivity contribution in [2.24, 2.45) is 0 Å². The van der Waals surface area contributed by atoms with Crippen LogP contribution in [0.1, 0.15) is 31.7 Å². The number of rotatable bonds is 6. The van der Waals surface area contributed by atoms with Crippen molar-refractivity contribution in [1.82, 2.24) is 24.5 Å². The van der Waals surface area contributed by atoms with Gasteiger partial charge in [0.1, 0.15) is 0 Å². The quantitative estimate of drug-likeness (QED) is 0.603. The summed E-state index contributed by atoms with van der Waals surface area (Å²) < 4.78 is 29.4. The first kappa shape index (κ1) is 20.5. The number of hydrogen-bond acceptors (Lipinski definition) is 6. The molecule has 3 aromatic rings. The van der Waals surface area contributed by atoms with E-state index < -0.39 is 10.0 Å². The topological polar surface area (TPSA) is 84.2 Å². The van der Waals surface area contributed by atoms with Crippen molar-refractivity contribution in [1.29, 1.82) is 0 Å². The lowest BCUT2D eigenvalue weighted by atomic mass is 9.99. The molecule has 0 spiro atoms. The van der Waals surface area contributed by atoms with Crippen molar-refractivity contribution in [3.63, 3.8) is 0 Å². The monoisotopic (exact) mass is 426 g/mol. The Morgan fingerprint density at radius 3 is 2.27 bits per heavy atom. The number of tetrazole rings is 1. The van der Waals surface area contributed by atoms with Gasteiger partial charge in [0.2, 0.25) is 16.0 Å². The molecular formula is C21H26N6O2S. The molecule has 158 valence electrons. The van der Waals surface area contributed by atoms with Crippen LogP contribution in [-0.4, -0.2) is 59.1 Å². The van der Waals surface area contributed by atoms with E-state index in [2.05, 4.69) is 29.4 Å². The van der Waals surface area contributed by atoms with Crippen LogP contribution in [0, 0.1) is 0 Å². The second kappa shape index (κ2) is 8.53. The maximum atomic E-state index is 13.1. The summed E-state index contributed by atoms with van der Waals surface area (Å²) >= 11 is 0. The van der Waals surface area contributed by atoms with Gasteiger partial charge in [-0.15, -0.1) is 0 Å². The molecule has 8 nitrogen and oxygen atoms in total. The van der Waals surface area contributed by atoms with Crippen LogP contribution in [-0.2, 0) is 10.0 Å². The second-order valence-corrected chi connectivity index (χ2v) is 9.43. The largest absolute Gasteiger partial charge is 0.337 e. The lowest BCUT2D eigenvalue weighted by Crippen LogP contribution is -2.49. The SMILES string of the molecule is CCC(C)c1ccc(S(=O)(=O)N2CCN(c3nnnn3-c3ccccc3)CC2)cc1. The number of hydrogen-bond donors (Lipinski definition) is 0. The lowest BCUT2D eigenvalue weighted by Gasteiger charge is -2.34. The van der Waals surface area contributed by atoms with Crippen LogP contribution in [0.5, 0.6) is 0 Å². The highest BCUT2D eigenvalue weighted by molar-refractivity contribution is 7.89. The zero-order valence-electron chi connectivity index (χ0n) is 17.2. The highest BCUT2D eigenvalue weighted by Gasteiger charge is 2.30. The van der Waals surface area contributed by atoms with Crippen molar-refractivity contribution in [2.45, 2.75) is 31.1 Å². The molecule has 2 aromatic carbocycles. The van der Waals surface area contributed by atoms with Crippen LogP contribution in [0.3, 0.4) is 0 Å². The smallest absolute Gasteiger partial charge is 0.250 e. The average Bonchev–Trinajstić information content (AvgIpc) is 3.29. The van der Waals surface area contributed by atoms with E-state index in [-0.39, 0.29) is 0 Å². The molecule has 1 aromatic heterocycles. The maximum Gasteiger partial charge on any atom is 0.250 e. The van der Waals surface area contributed by atoms with Crippen LogP contribution in [0.4, 0.5) is 5.95 Å². The second-order valence-electron chi connectivity index (χ2n) is 7.50. The Morgan fingerprint density at radius 1 is 0.967 bits per heavy atom. The summed E-state index contributed by atoms with van der Waals surface area (Å²) in [6.45, 7) is 6.09. The highest BCUT2D eigenvalue weighted by Crippen LogP contribution is 2.24. The zero-order valence-corrected chi connectivity index (χ0v) is 18.0. The molecule has 4 rings (SSSR count). The fraction of sp³-hybridized carbons (Fsp3) is 0.381. The molecule has 30 heavy (non-hydrogen) atoms. The Labute approximate surface area is 177 Å². The van der Waals surface area contributed by atoms with E-state index in [1.165, 1.54) is 0 Å². The lowest BCUT2D eigenvalue weighted by molar-refractivity contribution is 0.381. The normalized spacial score (nSPS) is 16.5. The summed E-state index contributed by atoms with van der Waals surface area (Å²) in [7, 11) is -3.52. The van der Waals surface area contributed by atoms with Gasteiger partial charge in [-0.2, -0.15) is 8.99 Å². The fourth-order valence-electron chi connectivity index (χ4n) is 3.60. The van der Waals surface area contributed by atoms with Gasteiger partial charge in [-0.05, 0) is 52.6 Å². The third-order valence-electron chi connectivity index (χ3n) is 5.67. The zero-order chi connectivity index (χ0) is 21.1. The number of nitrogens with zero attached hydrogens (tertiary/aromatic N) is 6. The van der Waals surface area contributed by atoms with Gasteiger partial charge in [0.15, 0.2) is 0 Å². The van der Waals surface area contributed by atoms with E-state index in [1.54, 1.807) is 21.1 Å². The summed E-state index contributed by atoms with van der Waals surface area (Å²) in [5.74, 6) is 1.04. The van der Waals surface area contributed by atoms with Gasteiger partial charge in [0.05, 0.1) is 10.6 Å². The molecule has 0 amide bonds. The van der Waals surface area contributed by atoms with Gasteiger partial charge in [-0.3, -0.25) is 0 Å². The molecule has 1 aliphatic rings. The molecule has 9 heteroatoms. The summed E-state index contributed by atoms with van der Waals surface area (Å²) in [5, 5.41) is 12.1.